The van der Waals surface area contributed by atoms with Crippen LogP contribution in [0.1, 0.15) is 45.4 Å². The predicted octanol–water partition coefficient (Wildman–Crippen LogP) is 2.47. The second-order valence-electron chi connectivity index (χ2n) is 3.93. The summed E-state index contributed by atoms with van der Waals surface area (Å²) in [5, 5.41) is 0. The van der Waals surface area contributed by atoms with Crippen LogP contribution >= 0.6 is 0 Å². The summed E-state index contributed by atoms with van der Waals surface area (Å²) in [6.07, 6.45) is 7.64. The Kier molecular flexibility index (Phi) is 2.37. The van der Waals surface area contributed by atoms with Gasteiger partial charge in [0.2, 0.25) is 0 Å². The third kappa shape index (κ3) is 1.50. The lowest BCUT2D eigenvalue weighted by atomic mass is 9.99. The predicted molar refractivity (Wildman–Crippen MR) is 46.9 cm³/mol. The van der Waals surface area contributed by atoms with E-state index in [0.29, 0.717) is 0 Å². The molecule has 0 aromatic heterocycles. The van der Waals surface area contributed by atoms with Gasteiger partial charge in [0.25, 0.3) is 0 Å². The topological polar surface area (TPSA) is 18.5 Å². The molecule has 2 fully saturated rings. The molecule has 0 bridgehead atoms. The fraction of sp³-hybridized carbons (Fsp3) is 1.00. The minimum Gasteiger partial charge on any atom is -0.353 e. The van der Waals surface area contributed by atoms with Crippen molar-refractivity contribution in [2.24, 2.45) is 0 Å². The minimum atomic E-state index is 0.105. The molecule has 1 atom stereocenters. The summed E-state index contributed by atoms with van der Waals surface area (Å²) in [4.78, 5) is 0. The molecule has 1 aliphatic heterocycles. The number of rotatable bonds is 2. The summed E-state index contributed by atoms with van der Waals surface area (Å²) in [6, 6.07) is 0. The van der Waals surface area contributed by atoms with Crippen LogP contribution in [0.3, 0.4) is 0 Å². The third-order valence-corrected chi connectivity index (χ3v) is 3.08. The highest BCUT2D eigenvalue weighted by Crippen LogP contribution is 2.43. The molecule has 1 saturated heterocycles. The van der Waals surface area contributed by atoms with Gasteiger partial charge in [0, 0.05) is 13.0 Å². The van der Waals surface area contributed by atoms with E-state index in [4.69, 9.17) is 9.47 Å². The molecule has 1 aliphatic carbocycles. The molecular formula is C10H18O2. The lowest BCUT2D eigenvalue weighted by Gasteiger charge is -2.23. The summed E-state index contributed by atoms with van der Waals surface area (Å²) in [7, 11) is 0. The van der Waals surface area contributed by atoms with Crippen LogP contribution in [-0.4, -0.2) is 18.5 Å². The quantitative estimate of drug-likeness (QED) is 0.634. The second-order valence-corrected chi connectivity index (χ2v) is 3.93. The van der Waals surface area contributed by atoms with Crippen molar-refractivity contribution < 1.29 is 9.47 Å². The highest BCUT2D eigenvalue weighted by molar-refractivity contribution is 4.90. The maximum absolute atomic E-state index is 5.93. The fourth-order valence-corrected chi connectivity index (χ4v) is 2.47. The molecule has 0 N–H and O–H groups in total. The van der Waals surface area contributed by atoms with Gasteiger partial charge in [-0.25, -0.2) is 0 Å². The first-order valence-corrected chi connectivity index (χ1v) is 5.14. The highest BCUT2D eigenvalue weighted by atomic mass is 16.7. The van der Waals surface area contributed by atoms with Crippen molar-refractivity contribution in [2.45, 2.75) is 57.3 Å². The van der Waals surface area contributed by atoms with Crippen LogP contribution in [0, 0.1) is 0 Å². The first kappa shape index (κ1) is 8.52. The Balaban J connectivity index is 1.88. The average molecular weight is 170 g/mol. The van der Waals surface area contributed by atoms with E-state index in [1.165, 1.54) is 32.1 Å². The van der Waals surface area contributed by atoms with Gasteiger partial charge in [-0.05, 0) is 26.2 Å². The Bertz CT molecular complexity index is 150. The largest absolute Gasteiger partial charge is 0.353 e. The lowest BCUT2D eigenvalue weighted by molar-refractivity contribution is -0.163. The lowest BCUT2D eigenvalue weighted by Crippen LogP contribution is -2.25. The summed E-state index contributed by atoms with van der Waals surface area (Å²) in [5.41, 5.74) is 0.236. The zero-order valence-corrected chi connectivity index (χ0v) is 7.84. The van der Waals surface area contributed by atoms with Gasteiger partial charge in [0.1, 0.15) is 0 Å². The molecule has 0 radical (unpaired) electrons. The monoisotopic (exact) mass is 170 g/mol. The van der Waals surface area contributed by atoms with Gasteiger partial charge in [-0.1, -0.05) is 12.8 Å². The normalized spacial score (nSPS) is 33.2. The van der Waals surface area contributed by atoms with Crippen LogP contribution in [0.4, 0.5) is 0 Å². The Labute approximate surface area is 74.2 Å². The standard InChI is InChI=1S/C10H18O2/c1-2-11-9-5-8-10(12-9)6-3-4-7-10/h9H,2-8H2,1H3. The molecule has 70 valence electrons. The second kappa shape index (κ2) is 3.35. The van der Waals surface area contributed by atoms with Crippen molar-refractivity contribution in [1.29, 1.82) is 0 Å². The first-order chi connectivity index (χ1) is 5.85. The van der Waals surface area contributed by atoms with Crippen molar-refractivity contribution in [3.05, 3.63) is 0 Å². The van der Waals surface area contributed by atoms with E-state index in [-0.39, 0.29) is 11.9 Å². The summed E-state index contributed by atoms with van der Waals surface area (Å²) in [5.74, 6) is 0. The van der Waals surface area contributed by atoms with E-state index in [1.54, 1.807) is 0 Å². The Morgan fingerprint density at radius 2 is 2.08 bits per heavy atom. The molecule has 1 heterocycles. The fourth-order valence-electron chi connectivity index (χ4n) is 2.47. The average Bonchev–Trinajstić information content (AvgIpc) is 2.65. The summed E-state index contributed by atoms with van der Waals surface area (Å²) in [6.45, 7) is 2.81. The summed E-state index contributed by atoms with van der Waals surface area (Å²) < 4.78 is 11.4. The van der Waals surface area contributed by atoms with Crippen molar-refractivity contribution in [2.75, 3.05) is 6.61 Å². The van der Waals surface area contributed by atoms with Gasteiger partial charge >= 0.3 is 0 Å². The SMILES string of the molecule is CCOC1CCC2(CCCC2)O1. The van der Waals surface area contributed by atoms with Crippen molar-refractivity contribution in [3.8, 4) is 0 Å². The van der Waals surface area contributed by atoms with Crippen LogP contribution in [0.2, 0.25) is 0 Å². The number of hydrogen-bond acceptors (Lipinski definition) is 2. The van der Waals surface area contributed by atoms with E-state index in [0.717, 1.165) is 13.0 Å². The van der Waals surface area contributed by atoms with E-state index >= 15 is 0 Å². The highest BCUT2D eigenvalue weighted by Gasteiger charge is 2.42. The molecule has 0 amide bonds. The van der Waals surface area contributed by atoms with Gasteiger partial charge in [-0.2, -0.15) is 0 Å². The van der Waals surface area contributed by atoms with Gasteiger partial charge in [-0.15, -0.1) is 0 Å². The van der Waals surface area contributed by atoms with Crippen molar-refractivity contribution >= 4 is 0 Å². The van der Waals surface area contributed by atoms with Gasteiger partial charge in [0.05, 0.1) is 5.60 Å². The first-order valence-electron chi connectivity index (χ1n) is 5.14. The molecule has 2 rings (SSSR count). The Morgan fingerprint density at radius 3 is 2.75 bits per heavy atom. The molecule has 2 aliphatic rings. The molecule has 2 nitrogen and oxygen atoms in total. The molecule has 1 saturated carbocycles. The zero-order chi connectivity index (χ0) is 8.44. The maximum Gasteiger partial charge on any atom is 0.158 e. The van der Waals surface area contributed by atoms with Gasteiger partial charge in [0.15, 0.2) is 6.29 Å². The molecule has 12 heavy (non-hydrogen) atoms. The van der Waals surface area contributed by atoms with E-state index in [1.807, 2.05) is 6.92 Å². The van der Waals surface area contributed by atoms with Crippen LogP contribution in [0.25, 0.3) is 0 Å². The van der Waals surface area contributed by atoms with Crippen LogP contribution in [-0.2, 0) is 9.47 Å². The Morgan fingerprint density at radius 1 is 1.33 bits per heavy atom. The van der Waals surface area contributed by atoms with Crippen molar-refractivity contribution in [3.63, 3.8) is 0 Å². The Hall–Kier alpha value is -0.0800. The molecule has 1 spiro atoms. The number of hydrogen-bond donors (Lipinski definition) is 0. The molecule has 0 aromatic carbocycles. The van der Waals surface area contributed by atoms with E-state index < -0.39 is 0 Å². The minimum absolute atomic E-state index is 0.105. The smallest absolute Gasteiger partial charge is 0.158 e. The van der Waals surface area contributed by atoms with Crippen LogP contribution < -0.4 is 0 Å². The van der Waals surface area contributed by atoms with Crippen LogP contribution in [0.5, 0.6) is 0 Å². The number of ether oxygens (including phenoxy) is 2. The third-order valence-electron chi connectivity index (χ3n) is 3.08. The zero-order valence-electron chi connectivity index (χ0n) is 7.84. The van der Waals surface area contributed by atoms with Crippen LogP contribution in [0.15, 0.2) is 0 Å². The molecule has 2 heteroatoms. The van der Waals surface area contributed by atoms with Gasteiger partial charge in [-0.3, -0.25) is 0 Å². The molecular weight excluding hydrogens is 152 g/mol. The van der Waals surface area contributed by atoms with E-state index in [9.17, 15) is 0 Å². The summed E-state index contributed by atoms with van der Waals surface area (Å²) >= 11 is 0. The van der Waals surface area contributed by atoms with E-state index in [2.05, 4.69) is 0 Å². The van der Waals surface area contributed by atoms with Crippen molar-refractivity contribution in [1.82, 2.24) is 0 Å². The molecule has 0 aromatic rings. The molecule has 1 unspecified atom stereocenters. The maximum atomic E-state index is 5.93. The van der Waals surface area contributed by atoms with Gasteiger partial charge < -0.3 is 9.47 Å².